The summed E-state index contributed by atoms with van der Waals surface area (Å²) in [6, 6.07) is 10.4. The number of rotatable bonds is 11. The van der Waals surface area contributed by atoms with Gasteiger partial charge in [-0.1, -0.05) is 30.3 Å². The van der Waals surface area contributed by atoms with Gasteiger partial charge in [0.2, 0.25) is 0 Å². The van der Waals surface area contributed by atoms with Crippen LogP contribution in [0.5, 0.6) is 0 Å². The molecule has 0 heterocycles. The van der Waals surface area contributed by atoms with Crippen molar-refractivity contribution in [2.24, 2.45) is 0 Å². The van der Waals surface area contributed by atoms with E-state index in [1.807, 2.05) is 13.0 Å². The van der Waals surface area contributed by atoms with Crippen molar-refractivity contribution >= 4 is 0 Å². The van der Waals surface area contributed by atoms with E-state index in [1.165, 1.54) is 5.56 Å². The monoisotopic (exact) mass is 251 g/mol. The van der Waals surface area contributed by atoms with Crippen LogP contribution in [-0.2, 0) is 16.0 Å². The van der Waals surface area contributed by atoms with Gasteiger partial charge >= 0.3 is 0 Å². The number of nitrogens with one attached hydrogen (secondary N) is 1. The first-order valence-electron chi connectivity index (χ1n) is 6.83. The second-order valence-corrected chi connectivity index (χ2v) is 4.18. The zero-order chi connectivity index (χ0) is 12.9. The van der Waals surface area contributed by atoms with Crippen molar-refractivity contribution in [2.45, 2.75) is 26.3 Å². The molecule has 0 radical (unpaired) electrons. The smallest absolute Gasteiger partial charge is 0.0487 e. The Morgan fingerprint density at radius 2 is 1.67 bits per heavy atom. The molecule has 1 rings (SSSR count). The lowest BCUT2D eigenvalue weighted by Gasteiger charge is -2.06. The maximum Gasteiger partial charge on any atom is 0.0487 e. The Hall–Kier alpha value is -0.900. The van der Waals surface area contributed by atoms with Crippen LogP contribution >= 0.6 is 0 Å². The summed E-state index contributed by atoms with van der Waals surface area (Å²) in [4.78, 5) is 0. The lowest BCUT2D eigenvalue weighted by Crippen LogP contribution is -2.16. The summed E-state index contributed by atoms with van der Waals surface area (Å²) in [7, 11) is 0. The molecule has 0 aliphatic heterocycles. The average Bonchev–Trinajstić information content (AvgIpc) is 2.42. The maximum absolute atomic E-state index is 5.51. The molecule has 0 spiro atoms. The number of ether oxygens (including phenoxy) is 2. The third kappa shape index (κ3) is 8.23. The van der Waals surface area contributed by atoms with Gasteiger partial charge < -0.3 is 14.8 Å². The zero-order valence-electron chi connectivity index (χ0n) is 11.4. The summed E-state index contributed by atoms with van der Waals surface area (Å²) >= 11 is 0. The van der Waals surface area contributed by atoms with Crippen LogP contribution in [0.15, 0.2) is 30.3 Å². The Bertz CT molecular complexity index is 277. The molecule has 0 unspecified atom stereocenters. The summed E-state index contributed by atoms with van der Waals surface area (Å²) in [5, 5.41) is 3.41. The van der Waals surface area contributed by atoms with E-state index in [2.05, 4.69) is 29.6 Å². The molecule has 0 saturated heterocycles. The molecule has 0 aliphatic carbocycles. The van der Waals surface area contributed by atoms with Gasteiger partial charge in [0.05, 0.1) is 0 Å². The van der Waals surface area contributed by atoms with Crippen LogP contribution in [0.1, 0.15) is 25.3 Å². The SMILES string of the molecule is CCOCCCOCCCNCc1ccccc1. The lowest BCUT2D eigenvalue weighted by atomic mass is 10.2. The quantitative estimate of drug-likeness (QED) is 0.613. The topological polar surface area (TPSA) is 30.5 Å². The van der Waals surface area contributed by atoms with Crippen LogP contribution < -0.4 is 5.32 Å². The molecule has 0 fully saturated rings. The molecule has 102 valence electrons. The minimum absolute atomic E-state index is 0.795. The van der Waals surface area contributed by atoms with Crippen LogP contribution in [0, 0.1) is 0 Å². The van der Waals surface area contributed by atoms with E-state index in [1.54, 1.807) is 0 Å². The molecule has 0 saturated carbocycles. The van der Waals surface area contributed by atoms with Gasteiger partial charge in [-0.3, -0.25) is 0 Å². The molecular weight excluding hydrogens is 226 g/mol. The molecule has 3 nitrogen and oxygen atoms in total. The van der Waals surface area contributed by atoms with E-state index in [4.69, 9.17) is 9.47 Å². The average molecular weight is 251 g/mol. The summed E-state index contributed by atoms with van der Waals surface area (Å²) in [5.41, 5.74) is 1.33. The number of hydrogen-bond acceptors (Lipinski definition) is 3. The zero-order valence-corrected chi connectivity index (χ0v) is 11.4. The van der Waals surface area contributed by atoms with Crippen molar-refractivity contribution in [2.75, 3.05) is 33.0 Å². The first-order valence-corrected chi connectivity index (χ1v) is 6.83. The van der Waals surface area contributed by atoms with Crippen LogP contribution in [0.4, 0.5) is 0 Å². The van der Waals surface area contributed by atoms with Gasteiger partial charge in [0.15, 0.2) is 0 Å². The molecular formula is C15H25NO2. The minimum Gasteiger partial charge on any atom is -0.382 e. The highest BCUT2D eigenvalue weighted by molar-refractivity contribution is 5.14. The third-order valence-electron chi connectivity index (χ3n) is 2.60. The van der Waals surface area contributed by atoms with Gasteiger partial charge in [0, 0.05) is 33.0 Å². The van der Waals surface area contributed by atoms with Gasteiger partial charge in [-0.25, -0.2) is 0 Å². The van der Waals surface area contributed by atoms with E-state index < -0.39 is 0 Å². The van der Waals surface area contributed by atoms with Crippen molar-refractivity contribution in [1.82, 2.24) is 5.32 Å². The van der Waals surface area contributed by atoms with Gasteiger partial charge in [0.25, 0.3) is 0 Å². The largest absolute Gasteiger partial charge is 0.382 e. The van der Waals surface area contributed by atoms with Gasteiger partial charge in [-0.05, 0) is 31.9 Å². The van der Waals surface area contributed by atoms with Crippen LogP contribution in [-0.4, -0.2) is 33.0 Å². The minimum atomic E-state index is 0.795. The molecule has 0 amide bonds. The summed E-state index contributed by atoms with van der Waals surface area (Å²) in [5.74, 6) is 0. The second kappa shape index (κ2) is 11.2. The molecule has 18 heavy (non-hydrogen) atoms. The normalized spacial score (nSPS) is 10.7. The van der Waals surface area contributed by atoms with Crippen molar-refractivity contribution in [1.29, 1.82) is 0 Å². The lowest BCUT2D eigenvalue weighted by molar-refractivity contribution is 0.0869. The predicted molar refractivity (Wildman–Crippen MR) is 74.7 cm³/mol. The molecule has 0 atom stereocenters. The third-order valence-corrected chi connectivity index (χ3v) is 2.60. The van der Waals surface area contributed by atoms with E-state index in [0.29, 0.717) is 0 Å². The van der Waals surface area contributed by atoms with Crippen molar-refractivity contribution in [3.05, 3.63) is 35.9 Å². The Labute approximate surface area is 110 Å². The van der Waals surface area contributed by atoms with Gasteiger partial charge in [0.1, 0.15) is 0 Å². The van der Waals surface area contributed by atoms with Crippen LogP contribution in [0.3, 0.4) is 0 Å². The predicted octanol–water partition coefficient (Wildman–Crippen LogP) is 2.61. The summed E-state index contributed by atoms with van der Waals surface area (Å²) in [6.07, 6.45) is 2.05. The van der Waals surface area contributed by atoms with E-state index in [0.717, 1.165) is 52.4 Å². The molecule has 0 aliphatic rings. The fourth-order valence-electron chi connectivity index (χ4n) is 1.64. The first-order chi connectivity index (χ1) is 8.93. The Morgan fingerprint density at radius 3 is 2.44 bits per heavy atom. The molecule has 1 aromatic carbocycles. The second-order valence-electron chi connectivity index (χ2n) is 4.18. The Morgan fingerprint density at radius 1 is 0.944 bits per heavy atom. The Kier molecular flexibility index (Phi) is 9.44. The van der Waals surface area contributed by atoms with Gasteiger partial charge in [-0.15, -0.1) is 0 Å². The fraction of sp³-hybridized carbons (Fsp3) is 0.600. The molecule has 1 aromatic rings. The molecule has 1 N–H and O–H groups in total. The van der Waals surface area contributed by atoms with Crippen LogP contribution in [0.2, 0.25) is 0 Å². The highest BCUT2D eigenvalue weighted by Gasteiger charge is 1.92. The highest BCUT2D eigenvalue weighted by Crippen LogP contribution is 1.97. The summed E-state index contributed by atoms with van der Waals surface area (Å²) in [6.45, 7) is 7.18. The van der Waals surface area contributed by atoms with Gasteiger partial charge in [-0.2, -0.15) is 0 Å². The summed E-state index contributed by atoms with van der Waals surface area (Å²) < 4.78 is 10.7. The fourth-order valence-corrected chi connectivity index (χ4v) is 1.64. The van der Waals surface area contributed by atoms with E-state index >= 15 is 0 Å². The number of hydrogen-bond donors (Lipinski definition) is 1. The maximum atomic E-state index is 5.51. The first kappa shape index (κ1) is 15.2. The highest BCUT2D eigenvalue weighted by atomic mass is 16.5. The van der Waals surface area contributed by atoms with Crippen LogP contribution in [0.25, 0.3) is 0 Å². The molecule has 0 aromatic heterocycles. The van der Waals surface area contributed by atoms with Crippen molar-refractivity contribution in [3.63, 3.8) is 0 Å². The molecule has 0 bridgehead atoms. The number of benzene rings is 1. The van der Waals surface area contributed by atoms with Crippen molar-refractivity contribution in [3.8, 4) is 0 Å². The molecule has 3 heteroatoms. The van der Waals surface area contributed by atoms with E-state index in [-0.39, 0.29) is 0 Å². The standard InChI is InChI=1S/C15H25NO2/c1-2-17-12-7-13-18-11-6-10-16-14-15-8-4-3-5-9-15/h3-5,8-9,16H,2,6-7,10-14H2,1H3. The van der Waals surface area contributed by atoms with E-state index in [9.17, 15) is 0 Å². The van der Waals surface area contributed by atoms with Crippen molar-refractivity contribution < 1.29 is 9.47 Å². The Balaban J connectivity index is 1.82.